The summed E-state index contributed by atoms with van der Waals surface area (Å²) in [4.78, 5) is 17.9. The molecule has 0 aliphatic carbocycles. The number of alkyl halides is 3. The topological polar surface area (TPSA) is 45.2 Å². The number of morpholine rings is 1. The van der Waals surface area contributed by atoms with Crippen molar-refractivity contribution < 1.29 is 27.4 Å². The number of nitrogens with zero attached hydrogens (tertiary/aromatic N) is 3. The van der Waals surface area contributed by atoms with E-state index in [9.17, 15) is 18.0 Å². The number of halogens is 4. The molecule has 3 aliphatic heterocycles. The smallest absolute Gasteiger partial charge is 0.425 e. The van der Waals surface area contributed by atoms with Gasteiger partial charge in [-0.2, -0.15) is 13.2 Å². The summed E-state index contributed by atoms with van der Waals surface area (Å²) in [5.41, 5.74) is 2.18. The van der Waals surface area contributed by atoms with Gasteiger partial charge in [0.15, 0.2) is 6.10 Å². The van der Waals surface area contributed by atoms with Gasteiger partial charge in [-0.15, -0.1) is 0 Å². The number of ether oxygens (including phenoxy) is 2. The van der Waals surface area contributed by atoms with Gasteiger partial charge in [-0.05, 0) is 50.6 Å². The summed E-state index contributed by atoms with van der Waals surface area (Å²) in [5, 5.41) is 0.755. The molecule has 0 bridgehead atoms. The van der Waals surface area contributed by atoms with Crippen molar-refractivity contribution in [3.63, 3.8) is 0 Å². The van der Waals surface area contributed by atoms with Crippen molar-refractivity contribution in [2.24, 2.45) is 5.41 Å². The molecule has 3 fully saturated rings. The molecule has 10 heteroatoms. The van der Waals surface area contributed by atoms with Crippen LogP contribution in [0.25, 0.3) is 0 Å². The second kappa shape index (κ2) is 9.27. The van der Waals surface area contributed by atoms with Gasteiger partial charge in [0, 0.05) is 48.8 Å². The maximum Gasteiger partial charge on any atom is 0.425 e. The number of benzene rings is 1. The van der Waals surface area contributed by atoms with Crippen molar-refractivity contribution in [2.75, 3.05) is 57.4 Å². The van der Waals surface area contributed by atoms with Gasteiger partial charge in [0.1, 0.15) is 0 Å². The first-order valence-electron chi connectivity index (χ1n) is 11.0. The quantitative estimate of drug-likeness (QED) is 0.654. The zero-order chi connectivity index (χ0) is 22.9. The number of carbonyl (C=O) groups excluding carboxylic acids is 1. The number of carbonyl (C=O) groups is 1. The van der Waals surface area contributed by atoms with E-state index < -0.39 is 18.4 Å². The molecule has 3 saturated heterocycles. The molecule has 1 spiro atoms. The first kappa shape index (κ1) is 23.4. The Morgan fingerprint density at radius 3 is 2.44 bits per heavy atom. The molecule has 0 radical (unpaired) electrons. The van der Waals surface area contributed by atoms with Crippen molar-refractivity contribution in [3.8, 4) is 0 Å². The highest BCUT2D eigenvalue weighted by molar-refractivity contribution is 6.31. The van der Waals surface area contributed by atoms with E-state index in [-0.39, 0.29) is 5.41 Å². The molecule has 3 aliphatic rings. The van der Waals surface area contributed by atoms with Crippen LogP contribution in [0.15, 0.2) is 18.2 Å². The third kappa shape index (κ3) is 5.26. The number of hydrogen-bond acceptors (Lipinski definition) is 5. The Morgan fingerprint density at radius 1 is 1.19 bits per heavy atom. The first-order chi connectivity index (χ1) is 15.2. The van der Waals surface area contributed by atoms with Crippen LogP contribution in [0.3, 0.4) is 0 Å². The largest absolute Gasteiger partial charge is 0.437 e. The summed E-state index contributed by atoms with van der Waals surface area (Å²) in [5.74, 6) is 0. The summed E-state index contributed by atoms with van der Waals surface area (Å²) in [6, 6.07) is 6.21. The molecule has 1 aromatic carbocycles. The fourth-order valence-corrected chi connectivity index (χ4v) is 4.84. The van der Waals surface area contributed by atoms with Gasteiger partial charge < -0.3 is 19.3 Å². The SMILES string of the molecule is CC(OC(=O)N1CC2(CCN(Cc3ccc(N4CCOCC4)cc3Cl)CC2)C1)C(F)(F)F. The standard InChI is InChI=1S/C22H29ClF3N3O3/c1-16(22(24,25)26)32-20(30)29-14-21(15-29)4-6-27(7-5-21)13-17-2-3-18(12-19(17)23)28-8-10-31-11-9-28/h2-3,12,16H,4-11,13-15H2,1H3. The minimum Gasteiger partial charge on any atom is -0.437 e. The van der Waals surface area contributed by atoms with Crippen molar-refractivity contribution in [1.82, 2.24) is 9.80 Å². The highest BCUT2D eigenvalue weighted by atomic mass is 35.5. The van der Waals surface area contributed by atoms with Gasteiger partial charge in [0.25, 0.3) is 0 Å². The highest BCUT2D eigenvalue weighted by Crippen LogP contribution is 2.41. The number of likely N-dealkylation sites (tertiary alicyclic amines) is 2. The molecule has 1 unspecified atom stereocenters. The van der Waals surface area contributed by atoms with Crippen molar-refractivity contribution in [1.29, 1.82) is 0 Å². The lowest BCUT2D eigenvalue weighted by atomic mass is 9.72. The van der Waals surface area contributed by atoms with Crippen LogP contribution < -0.4 is 4.90 Å². The Morgan fingerprint density at radius 2 is 1.84 bits per heavy atom. The predicted octanol–water partition coefficient (Wildman–Crippen LogP) is 4.16. The van der Waals surface area contributed by atoms with E-state index in [1.165, 1.54) is 4.90 Å². The number of anilines is 1. The molecular formula is C22H29ClF3N3O3. The van der Waals surface area contributed by atoms with Crippen LogP contribution in [-0.4, -0.2) is 80.7 Å². The number of piperidine rings is 1. The van der Waals surface area contributed by atoms with E-state index in [0.717, 1.165) is 82.0 Å². The van der Waals surface area contributed by atoms with Crippen LogP contribution >= 0.6 is 11.6 Å². The lowest BCUT2D eigenvalue weighted by molar-refractivity contribution is -0.202. The molecule has 0 aromatic heterocycles. The van der Waals surface area contributed by atoms with Crippen LogP contribution in [0, 0.1) is 5.41 Å². The number of amides is 1. The minimum absolute atomic E-state index is 0.0129. The molecule has 3 heterocycles. The average Bonchev–Trinajstić information content (AvgIpc) is 2.74. The fourth-order valence-electron chi connectivity index (χ4n) is 4.61. The molecule has 0 saturated carbocycles. The van der Waals surface area contributed by atoms with Crippen molar-refractivity contribution in [3.05, 3.63) is 28.8 Å². The van der Waals surface area contributed by atoms with Crippen LogP contribution in [0.2, 0.25) is 5.02 Å². The fraction of sp³-hybridized carbons (Fsp3) is 0.682. The van der Waals surface area contributed by atoms with Gasteiger partial charge >= 0.3 is 12.3 Å². The maximum absolute atomic E-state index is 12.6. The van der Waals surface area contributed by atoms with Gasteiger partial charge in [-0.1, -0.05) is 17.7 Å². The average molecular weight is 476 g/mol. The summed E-state index contributed by atoms with van der Waals surface area (Å²) < 4.78 is 47.7. The van der Waals surface area contributed by atoms with Gasteiger partial charge in [0.05, 0.1) is 13.2 Å². The Balaban J connectivity index is 1.24. The third-order valence-corrected chi connectivity index (χ3v) is 7.12. The van der Waals surface area contributed by atoms with E-state index in [4.69, 9.17) is 16.3 Å². The molecule has 0 N–H and O–H groups in total. The van der Waals surface area contributed by atoms with E-state index in [0.29, 0.717) is 13.1 Å². The molecule has 1 amide bonds. The predicted molar refractivity (Wildman–Crippen MR) is 115 cm³/mol. The van der Waals surface area contributed by atoms with E-state index in [1.54, 1.807) is 0 Å². The molecule has 178 valence electrons. The first-order valence-corrected chi connectivity index (χ1v) is 11.4. The molecule has 32 heavy (non-hydrogen) atoms. The summed E-state index contributed by atoms with van der Waals surface area (Å²) in [7, 11) is 0. The number of rotatable bonds is 4. The Hall–Kier alpha value is -1.71. The zero-order valence-electron chi connectivity index (χ0n) is 18.2. The summed E-state index contributed by atoms with van der Waals surface area (Å²) >= 11 is 6.57. The Bertz CT molecular complexity index is 816. The Labute approximate surface area is 191 Å². The molecule has 1 aromatic rings. The lowest BCUT2D eigenvalue weighted by Gasteiger charge is -2.53. The number of hydrogen-bond donors (Lipinski definition) is 0. The van der Waals surface area contributed by atoms with Crippen LogP contribution in [0.4, 0.5) is 23.7 Å². The van der Waals surface area contributed by atoms with Crippen molar-refractivity contribution >= 4 is 23.4 Å². The maximum atomic E-state index is 12.6. The normalized spacial score (nSPS) is 22.5. The monoisotopic (exact) mass is 475 g/mol. The second-order valence-electron chi connectivity index (χ2n) is 9.07. The van der Waals surface area contributed by atoms with Gasteiger partial charge in [0.2, 0.25) is 0 Å². The van der Waals surface area contributed by atoms with Crippen LogP contribution in [-0.2, 0) is 16.0 Å². The van der Waals surface area contributed by atoms with Gasteiger partial charge in [-0.3, -0.25) is 4.90 Å². The summed E-state index contributed by atoms with van der Waals surface area (Å²) in [6.45, 7) is 7.44. The third-order valence-electron chi connectivity index (χ3n) is 6.77. The lowest BCUT2D eigenvalue weighted by Crippen LogP contribution is -2.62. The molecular weight excluding hydrogens is 447 g/mol. The molecule has 4 rings (SSSR count). The van der Waals surface area contributed by atoms with E-state index in [1.807, 2.05) is 6.07 Å². The molecule has 6 nitrogen and oxygen atoms in total. The second-order valence-corrected chi connectivity index (χ2v) is 9.48. The van der Waals surface area contributed by atoms with E-state index in [2.05, 4.69) is 26.7 Å². The van der Waals surface area contributed by atoms with Crippen molar-refractivity contribution in [2.45, 2.75) is 38.6 Å². The Kier molecular flexibility index (Phi) is 6.79. The zero-order valence-corrected chi connectivity index (χ0v) is 18.9. The van der Waals surface area contributed by atoms with Gasteiger partial charge in [-0.25, -0.2) is 4.79 Å². The molecule has 1 atom stereocenters. The van der Waals surface area contributed by atoms with Crippen LogP contribution in [0.1, 0.15) is 25.3 Å². The highest BCUT2D eigenvalue weighted by Gasteiger charge is 2.48. The van der Waals surface area contributed by atoms with E-state index >= 15 is 0 Å². The minimum atomic E-state index is -4.54. The summed E-state index contributed by atoms with van der Waals surface area (Å²) in [6.07, 6.45) is -5.71. The van der Waals surface area contributed by atoms with Crippen LogP contribution in [0.5, 0.6) is 0 Å².